The summed E-state index contributed by atoms with van der Waals surface area (Å²) in [5.41, 5.74) is 2.29. The Hall–Kier alpha value is -2.78. The van der Waals surface area contributed by atoms with Crippen molar-refractivity contribution in [1.29, 1.82) is 0 Å². The van der Waals surface area contributed by atoms with Crippen LogP contribution in [0.25, 0.3) is 4.96 Å². The summed E-state index contributed by atoms with van der Waals surface area (Å²) < 4.78 is 17.2. The van der Waals surface area contributed by atoms with Crippen LogP contribution in [0.3, 0.4) is 0 Å². The third-order valence-electron chi connectivity index (χ3n) is 4.22. The number of nitrogens with zero attached hydrogens (tertiary/aromatic N) is 3. The van der Waals surface area contributed by atoms with Gasteiger partial charge in [0.15, 0.2) is 6.61 Å². The Labute approximate surface area is 172 Å². The van der Waals surface area contributed by atoms with Crippen LogP contribution in [0, 0.1) is 13.8 Å². The summed E-state index contributed by atoms with van der Waals surface area (Å²) >= 11 is 1.32. The minimum Gasteiger partial charge on any atom is -0.482 e. The van der Waals surface area contributed by atoms with Crippen LogP contribution in [0.2, 0.25) is 0 Å². The van der Waals surface area contributed by atoms with Gasteiger partial charge in [-0.15, -0.1) is 0 Å². The molecule has 3 aromatic rings. The van der Waals surface area contributed by atoms with E-state index in [1.54, 1.807) is 6.07 Å². The van der Waals surface area contributed by atoms with Gasteiger partial charge in [-0.3, -0.25) is 4.79 Å². The van der Waals surface area contributed by atoms with Crippen LogP contribution in [0.4, 0.5) is 0 Å². The molecule has 0 aliphatic carbocycles. The minimum atomic E-state index is -0.535. The zero-order chi connectivity index (χ0) is 20.8. The van der Waals surface area contributed by atoms with Crippen LogP contribution in [0.1, 0.15) is 28.8 Å². The predicted octanol–water partition coefficient (Wildman–Crippen LogP) is 2.47. The van der Waals surface area contributed by atoms with E-state index in [1.807, 2.05) is 32.9 Å². The maximum absolute atomic E-state index is 12.2. The summed E-state index contributed by atoms with van der Waals surface area (Å²) in [6, 6.07) is 6.92. The molecule has 0 atom stereocenters. The van der Waals surface area contributed by atoms with Crippen molar-refractivity contribution in [1.82, 2.24) is 14.6 Å². The number of hydrogen-bond donors (Lipinski definition) is 0. The molecule has 0 fully saturated rings. The molecule has 0 saturated carbocycles. The van der Waals surface area contributed by atoms with E-state index in [9.17, 15) is 9.59 Å². The number of aromatic nitrogens is 3. The van der Waals surface area contributed by atoms with Gasteiger partial charge in [0.25, 0.3) is 5.56 Å². The van der Waals surface area contributed by atoms with Crippen molar-refractivity contribution in [3.05, 3.63) is 56.4 Å². The maximum atomic E-state index is 12.2. The van der Waals surface area contributed by atoms with E-state index in [-0.39, 0.29) is 18.8 Å². The molecule has 29 heavy (non-hydrogen) atoms. The third-order valence-corrected chi connectivity index (χ3v) is 5.19. The summed E-state index contributed by atoms with van der Waals surface area (Å²) in [7, 11) is 0. The average Bonchev–Trinajstić information content (AvgIpc) is 3.11. The molecule has 0 radical (unpaired) electrons. The van der Waals surface area contributed by atoms with Crippen LogP contribution in [0.5, 0.6) is 5.75 Å². The number of ether oxygens (including phenoxy) is 3. The first-order valence-electron chi connectivity index (χ1n) is 9.28. The van der Waals surface area contributed by atoms with Crippen LogP contribution >= 0.6 is 11.3 Å². The molecular formula is C20H23N3O5S. The molecule has 3 rings (SSSR count). The van der Waals surface area contributed by atoms with Crippen molar-refractivity contribution < 1.29 is 19.0 Å². The molecule has 2 heterocycles. The molecule has 0 spiro atoms. The molecular weight excluding hydrogens is 394 g/mol. The van der Waals surface area contributed by atoms with E-state index in [0.717, 1.165) is 16.1 Å². The zero-order valence-corrected chi connectivity index (χ0v) is 17.5. The lowest BCUT2D eigenvalue weighted by molar-refractivity contribution is -0.147. The topological polar surface area (TPSA) is 92.0 Å². The average molecular weight is 417 g/mol. The Bertz CT molecular complexity index is 1060. The standard InChI is InChI=1S/C20H23N3O5S/c1-4-26-8-7-17-22-23-18(24)10-15(21-20(23)29-17)11-28-19(25)12-27-16-6-5-13(2)14(3)9-16/h5-6,9-10H,4,7-8,11-12H2,1-3H3. The molecule has 0 aliphatic heterocycles. The van der Waals surface area contributed by atoms with Crippen LogP contribution in [0.15, 0.2) is 29.1 Å². The van der Waals surface area contributed by atoms with Gasteiger partial charge in [-0.05, 0) is 44.0 Å². The smallest absolute Gasteiger partial charge is 0.344 e. The third kappa shape index (κ3) is 5.61. The number of carbonyl (C=O) groups is 1. The minimum absolute atomic E-state index is 0.104. The lowest BCUT2D eigenvalue weighted by atomic mass is 10.1. The highest BCUT2D eigenvalue weighted by atomic mass is 32.1. The number of rotatable bonds is 9. The highest BCUT2D eigenvalue weighted by Crippen LogP contribution is 2.16. The lowest BCUT2D eigenvalue weighted by Crippen LogP contribution is -2.18. The molecule has 0 aliphatic rings. The first-order chi connectivity index (χ1) is 14.0. The number of fused-ring (bicyclic) bond motifs is 1. The van der Waals surface area contributed by atoms with E-state index in [1.165, 1.54) is 21.9 Å². The maximum Gasteiger partial charge on any atom is 0.344 e. The Balaban J connectivity index is 1.57. The Morgan fingerprint density at radius 3 is 2.79 bits per heavy atom. The molecule has 0 N–H and O–H groups in total. The normalized spacial score (nSPS) is 11.0. The molecule has 0 saturated heterocycles. The Morgan fingerprint density at radius 2 is 2.03 bits per heavy atom. The number of carbonyl (C=O) groups excluding carboxylic acids is 1. The van der Waals surface area contributed by atoms with E-state index in [2.05, 4.69) is 10.1 Å². The quantitative estimate of drug-likeness (QED) is 0.390. The van der Waals surface area contributed by atoms with E-state index < -0.39 is 5.97 Å². The highest BCUT2D eigenvalue weighted by molar-refractivity contribution is 7.16. The highest BCUT2D eigenvalue weighted by Gasteiger charge is 2.11. The second-order valence-corrected chi connectivity index (χ2v) is 7.46. The molecule has 9 heteroatoms. The van der Waals surface area contributed by atoms with Crippen LogP contribution in [-0.4, -0.2) is 40.4 Å². The van der Waals surface area contributed by atoms with Crippen molar-refractivity contribution in [2.24, 2.45) is 0 Å². The monoisotopic (exact) mass is 417 g/mol. The van der Waals surface area contributed by atoms with Crippen molar-refractivity contribution in [3.8, 4) is 5.75 Å². The summed E-state index contributed by atoms with van der Waals surface area (Å²) in [6.45, 7) is 6.75. The molecule has 8 nitrogen and oxygen atoms in total. The van der Waals surface area contributed by atoms with Crippen LogP contribution < -0.4 is 10.3 Å². The molecule has 1 aromatic carbocycles. The second kappa shape index (κ2) is 9.62. The summed E-state index contributed by atoms with van der Waals surface area (Å²) in [5.74, 6) is 0.0685. The van der Waals surface area contributed by atoms with Gasteiger partial charge in [0.05, 0.1) is 12.3 Å². The number of benzene rings is 1. The van der Waals surface area contributed by atoms with Crippen molar-refractivity contribution in [3.63, 3.8) is 0 Å². The largest absolute Gasteiger partial charge is 0.482 e. The summed E-state index contributed by atoms with van der Waals surface area (Å²) in [6.07, 6.45) is 0.613. The number of aryl methyl sites for hydroxylation is 2. The van der Waals surface area contributed by atoms with Gasteiger partial charge in [-0.2, -0.15) is 9.61 Å². The van der Waals surface area contributed by atoms with Gasteiger partial charge in [0.1, 0.15) is 17.4 Å². The van der Waals surface area contributed by atoms with Crippen molar-refractivity contribution in [2.45, 2.75) is 33.8 Å². The first kappa shape index (κ1) is 20.9. The van der Waals surface area contributed by atoms with Gasteiger partial charge < -0.3 is 14.2 Å². The molecule has 0 unspecified atom stereocenters. The van der Waals surface area contributed by atoms with Gasteiger partial charge >= 0.3 is 5.97 Å². The van der Waals surface area contributed by atoms with Gasteiger partial charge in [-0.25, -0.2) is 9.78 Å². The second-order valence-electron chi connectivity index (χ2n) is 6.42. The summed E-state index contributed by atoms with van der Waals surface area (Å²) in [4.78, 5) is 29.0. The fourth-order valence-corrected chi connectivity index (χ4v) is 3.42. The van der Waals surface area contributed by atoms with E-state index >= 15 is 0 Å². The van der Waals surface area contributed by atoms with Gasteiger partial charge in [0.2, 0.25) is 4.96 Å². The molecule has 154 valence electrons. The number of hydrogen-bond acceptors (Lipinski definition) is 8. The Morgan fingerprint density at radius 1 is 1.21 bits per heavy atom. The number of esters is 1. The predicted molar refractivity (Wildman–Crippen MR) is 109 cm³/mol. The zero-order valence-electron chi connectivity index (χ0n) is 16.6. The first-order valence-corrected chi connectivity index (χ1v) is 10.1. The fourth-order valence-electron chi connectivity index (χ4n) is 2.52. The lowest BCUT2D eigenvalue weighted by Gasteiger charge is -2.08. The van der Waals surface area contributed by atoms with E-state index in [0.29, 0.717) is 36.0 Å². The Kier molecular flexibility index (Phi) is 6.95. The van der Waals surface area contributed by atoms with Crippen LogP contribution in [-0.2, 0) is 27.3 Å². The van der Waals surface area contributed by atoms with Gasteiger partial charge in [0, 0.05) is 19.1 Å². The van der Waals surface area contributed by atoms with E-state index in [4.69, 9.17) is 14.2 Å². The van der Waals surface area contributed by atoms with Crippen molar-refractivity contribution in [2.75, 3.05) is 19.8 Å². The molecule has 0 bridgehead atoms. The van der Waals surface area contributed by atoms with Crippen molar-refractivity contribution >= 4 is 22.3 Å². The molecule has 0 amide bonds. The molecule has 2 aromatic heterocycles. The fraction of sp³-hybridized carbons (Fsp3) is 0.400. The summed E-state index contributed by atoms with van der Waals surface area (Å²) in [5, 5.41) is 5.01. The SMILES string of the molecule is CCOCCc1nn2c(=O)cc(COC(=O)COc3ccc(C)c(C)c3)nc2s1. The van der Waals surface area contributed by atoms with Gasteiger partial charge in [-0.1, -0.05) is 17.4 Å².